The third-order valence-corrected chi connectivity index (χ3v) is 4.68. The second kappa shape index (κ2) is 3.00. The van der Waals surface area contributed by atoms with Gasteiger partial charge in [0.1, 0.15) is 5.82 Å². The fourth-order valence-corrected chi connectivity index (χ4v) is 2.79. The van der Waals surface area contributed by atoms with Crippen LogP contribution < -0.4 is 5.32 Å². The summed E-state index contributed by atoms with van der Waals surface area (Å²) in [5, 5.41) is 2.95. The van der Waals surface area contributed by atoms with Gasteiger partial charge in [-0.05, 0) is 44.4 Å². The molecule has 2 N–H and O–H groups in total. The first kappa shape index (κ1) is 11.0. The smallest absolute Gasteiger partial charge is 0.234 e. The number of nitrogens with one attached hydrogen (secondary N) is 2. The minimum Gasteiger partial charge on any atom is -0.342 e. The van der Waals surface area contributed by atoms with Crippen molar-refractivity contribution in [2.45, 2.75) is 44.4 Å². The Bertz CT molecular complexity index is 722. The predicted octanol–water partition coefficient (Wildman–Crippen LogP) is 2.84. The number of fused-ring (bicyclic) bond motifs is 2. The summed E-state index contributed by atoms with van der Waals surface area (Å²) in [5.74, 6) is 1.14. The molecule has 2 heterocycles. The van der Waals surface area contributed by atoms with E-state index in [-0.39, 0.29) is 11.3 Å². The summed E-state index contributed by atoms with van der Waals surface area (Å²) in [6.45, 7) is 6.16. The normalized spacial score (nSPS) is 22.4. The third-order valence-electron chi connectivity index (χ3n) is 4.68. The highest BCUT2D eigenvalue weighted by Gasteiger charge is 2.43. The molecular weight excluding hydrogens is 238 g/mol. The molecule has 0 bridgehead atoms. The van der Waals surface area contributed by atoms with E-state index in [1.165, 1.54) is 12.8 Å². The lowest BCUT2D eigenvalue weighted by Gasteiger charge is -2.14. The van der Waals surface area contributed by atoms with Gasteiger partial charge >= 0.3 is 0 Å². The van der Waals surface area contributed by atoms with E-state index in [2.05, 4.69) is 28.3 Å². The number of benzene rings is 1. The van der Waals surface area contributed by atoms with Crippen LogP contribution in [0.5, 0.6) is 0 Å². The van der Waals surface area contributed by atoms with Crippen LogP contribution in [0.2, 0.25) is 0 Å². The molecule has 4 rings (SSSR count). The molecule has 4 nitrogen and oxygen atoms in total. The maximum atomic E-state index is 11.9. The minimum atomic E-state index is -0.460. The molecule has 0 radical (unpaired) electrons. The van der Waals surface area contributed by atoms with Gasteiger partial charge in [0.15, 0.2) is 0 Å². The van der Waals surface area contributed by atoms with Crippen LogP contribution in [0.15, 0.2) is 12.1 Å². The van der Waals surface area contributed by atoms with Gasteiger partial charge in [-0.3, -0.25) is 4.79 Å². The van der Waals surface area contributed by atoms with Crippen molar-refractivity contribution in [1.29, 1.82) is 0 Å². The van der Waals surface area contributed by atoms with Crippen LogP contribution in [0.25, 0.3) is 11.0 Å². The number of nitrogens with zero attached hydrogens (tertiary/aromatic N) is 1. The molecule has 0 unspecified atom stereocenters. The lowest BCUT2D eigenvalue weighted by atomic mass is 9.86. The minimum absolute atomic E-state index is 0.0598. The van der Waals surface area contributed by atoms with Crippen LogP contribution in [-0.4, -0.2) is 15.9 Å². The SMILES string of the molecule is CC1(c2nc3cc4c(cc3[nH]2)C(C)(C)C(=O)N4)CC1. The molecule has 1 aliphatic carbocycles. The first-order valence-electron chi connectivity index (χ1n) is 6.76. The molecular formula is C15H17N3O. The van der Waals surface area contributed by atoms with Gasteiger partial charge in [-0.1, -0.05) is 6.92 Å². The zero-order chi connectivity index (χ0) is 13.4. The zero-order valence-corrected chi connectivity index (χ0v) is 11.4. The largest absolute Gasteiger partial charge is 0.342 e. The van der Waals surface area contributed by atoms with Crippen LogP contribution in [0, 0.1) is 0 Å². The number of imidazole rings is 1. The number of carbonyl (C=O) groups is 1. The quantitative estimate of drug-likeness (QED) is 0.823. The van der Waals surface area contributed by atoms with Crippen LogP contribution in [0.3, 0.4) is 0 Å². The average molecular weight is 255 g/mol. The molecule has 1 fully saturated rings. The molecule has 0 spiro atoms. The maximum Gasteiger partial charge on any atom is 0.234 e. The van der Waals surface area contributed by atoms with Crippen molar-refractivity contribution in [1.82, 2.24) is 9.97 Å². The highest BCUT2D eigenvalue weighted by molar-refractivity contribution is 6.07. The van der Waals surface area contributed by atoms with Gasteiger partial charge in [0.25, 0.3) is 0 Å². The zero-order valence-electron chi connectivity index (χ0n) is 11.4. The Hall–Kier alpha value is -1.84. The predicted molar refractivity (Wildman–Crippen MR) is 74.3 cm³/mol. The maximum absolute atomic E-state index is 11.9. The van der Waals surface area contributed by atoms with Gasteiger partial charge in [0.2, 0.25) is 5.91 Å². The topological polar surface area (TPSA) is 57.8 Å². The summed E-state index contributed by atoms with van der Waals surface area (Å²) in [5.41, 5.74) is 3.72. The van der Waals surface area contributed by atoms with E-state index < -0.39 is 5.41 Å². The number of amides is 1. The molecule has 2 aromatic rings. The Morgan fingerprint density at radius 2 is 1.95 bits per heavy atom. The molecule has 1 saturated carbocycles. The van der Waals surface area contributed by atoms with Crippen LogP contribution in [0.4, 0.5) is 5.69 Å². The second-order valence-electron chi connectivity index (χ2n) is 6.64. The monoisotopic (exact) mass is 255 g/mol. The number of hydrogen-bond donors (Lipinski definition) is 2. The Labute approximate surface area is 111 Å². The first-order valence-corrected chi connectivity index (χ1v) is 6.76. The number of carbonyl (C=O) groups excluding carboxylic acids is 1. The van der Waals surface area contributed by atoms with E-state index in [4.69, 9.17) is 0 Å². The van der Waals surface area contributed by atoms with E-state index >= 15 is 0 Å². The van der Waals surface area contributed by atoms with E-state index in [0.29, 0.717) is 0 Å². The van der Waals surface area contributed by atoms with E-state index in [9.17, 15) is 4.79 Å². The molecule has 4 heteroatoms. The van der Waals surface area contributed by atoms with E-state index in [1.54, 1.807) is 0 Å². The summed E-state index contributed by atoms with van der Waals surface area (Å²) in [6.07, 6.45) is 2.41. The third kappa shape index (κ3) is 1.34. The number of aromatic nitrogens is 2. The molecule has 1 aromatic carbocycles. The molecule has 19 heavy (non-hydrogen) atoms. The first-order chi connectivity index (χ1) is 8.90. The average Bonchev–Trinajstić information content (AvgIpc) is 2.89. The van der Waals surface area contributed by atoms with E-state index in [1.807, 2.05) is 19.9 Å². The van der Waals surface area contributed by atoms with Crippen molar-refractivity contribution >= 4 is 22.6 Å². The lowest BCUT2D eigenvalue weighted by Crippen LogP contribution is -2.26. The number of anilines is 1. The number of hydrogen-bond acceptors (Lipinski definition) is 2. The van der Waals surface area contributed by atoms with Gasteiger partial charge in [0, 0.05) is 11.1 Å². The van der Waals surface area contributed by atoms with Gasteiger partial charge in [-0.2, -0.15) is 0 Å². The Kier molecular flexibility index (Phi) is 1.74. The summed E-state index contributed by atoms with van der Waals surface area (Å²) in [6, 6.07) is 4.06. The van der Waals surface area contributed by atoms with Crippen molar-refractivity contribution in [3.8, 4) is 0 Å². The van der Waals surface area contributed by atoms with Crippen molar-refractivity contribution in [3.63, 3.8) is 0 Å². The van der Waals surface area contributed by atoms with Crippen molar-refractivity contribution < 1.29 is 4.79 Å². The Morgan fingerprint density at radius 1 is 1.21 bits per heavy atom. The second-order valence-corrected chi connectivity index (χ2v) is 6.64. The van der Waals surface area contributed by atoms with Crippen molar-refractivity contribution in [2.75, 3.05) is 5.32 Å². The molecule has 2 aliphatic rings. The van der Waals surface area contributed by atoms with Crippen molar-refractivity contribution in [3.05, 3.63) is 23.5 Å². The lowest BCUT2D eigenvalue weighted by molar-refractivity contribution is -0.119. The van der Waals surface area contributed by atoms with Crippen molar-refractivity contribution in [2.24, 2.45) is 0 Å². The summed E-state index contributed by atoms with van der Waals surface area (Å²) >= 11 is 0. The summed E-state index contributed by atoms with van der Waals surface area (Å²) in [7, 11) is 0. The molecule has 0 saturated heterocycles. The molecule has 1 aromatic heterocycles. The fourth-order valence-electron chi connectivity index (χ4n) is 2.79. The van der Waals surface area contributed by atoms with Crippen LogP contribution in [0.1, 0.15) is 45.0 Å². The van der Waals surface area contributed by atoms with Gasteiger partial charge in [-0.25, -0.2) is 4.98 Å². The van der Waals surface area contributed by atoms with Gasteiger partial charge in [-0.15, -0.1) is 0 Å². The molecule has 98 valence electrons. The Balaban J connectivity index is 1.93. The number of rotatable bonds is 1. The number of H-pyrrole nitrogens is 1. The summed E-state index contributed by atoms with van der Waals surface area (Å²) in [4.78, 5) is 20.1. The highest BCUT2D eigenvalue weighted by Crippen LogP contribution is 2.47. The number of aromatic amines is 1. The molecule has 1 aliphatic heterocycles. The van der Waals surface area contributed by atoms with E-state index in [0.717, 1.165) is 28.1 Å². The van der Waals surface area contributed by atoms with Crippen LogP contribution >= 0.6 is 0 Å². The van der Waals surface area contributed by atoms with Crippen LogP contribution in [-0.2, 0) is 15.6 Å². The Morgan fingerprint density at radius 3 is 2.63 bits per heavy atom. The molecule has 0 atom stereocenters. The molecule has 1 amide bonds. The summed E-state index contributed by atoms with van der Waals surface area (Å²) < 4.78 is 0. The van der Waals surface area contributed by atoms with Gasteiger partial charge < -0.3 is 10.3 Å². The highest BCUT2D eigenvalue weighted by atomic mass is 16.2. The van der Waals surface area contributed by atoms with Gasteiger partial charge in [0.05, 0.1) is 16.4 Å². The fraction of sp³-hybridized carbons (Fsp3) is 0.467. The standard InChI is InChI=1S/C15H17N3O/c1-14(2)8-6-10-11(7-9(8)18-13(14)19)17-12(16-10)15(3)4-5-15/h6-7H,4-5H2,1-3H3,(H,16,17)(H,18,19).